The number of ether oxygens (including phenoxy) is 2. The molecule has 4 aliphatic carbocycles. The van der Waals surface area contributed by atoms with Gasteiger partial charge in [0.1, 0.15) is 0 Å². The molecule has 0 amide bonds. The zero-order valence-corrected chi connectivity index (χ0v) is 17.3. The van der Waals surface area contributed by atoms with Crippen LogP contribution in [0.15, 0.2) is 12.2 Å². The van der Waals surface area contributed by atoms with Gasteiger partial charge in [-0.2, -0.15) is 0 Å². The lowest BCUT2D eigenvalue weighted by molar-refractivity contribution is -0.246. The van der Waals surface area contributed by atoms with Crippen LogP contribution in [0, 0.1) is 35.0 Å². The van der Waals surface area contributed by atoms with Gasteiger partial charge in [0, 0.05) is 27.1 Å². The van der Waals surface area contributed by atoms with E-state index in [4.69, 9.17) is 9.47 Å². The van der Waals surface area contributed by atoms with Crippen LogP contribution in [-0.4, -0.2) is 20.0 Å². The molecule has 4 aliphatic rings. The summed E-state index contributed by atoms with van der Waals surface area (Å²) in [7, 11) is 3.65. The smallest absolute Gasteiger partial charge is 0.167 e. The van der Waals surface area contributed by atoms with E-state index in [1.165, 1.54) is 44.9 Å². The maximum absolute atomic E-state index is 5.78. The van der Waals surface area contributed by atoms with Crippen molar-refractivity contribution in [3.63, 3.8) is 0 Å². The van der Waals surface area contributed by atoms with E-state index in [0.717, 1.165) is 42.4 Å². The van der Waals surface area contributed by atoms with Gasteiger partial charge in [-0.1, -0.05) is 32.9 Å². The topological polar surface area (TPSA) is 18.5 Å². The molecule has 4 fully saturated rings. The van der Waals surface area contributed by atoms with Gasteiger partial charge in [0.25, 0.3) is 0 Å². The van der Waals surface area contributed by atoms with E-state index in [2.05, 4.69) is 13.5 Å². The lowest BCUT2D eigenvalue weighted by atomic mass is 9.50. The summed E-state index contributed by atoms with van der Waals surface area (Å²) in [5, 5.41) is 0. The molecule has 25 heavy (non-hydrogen) atoms. The number of hydrogen-bond donors (Lipinski definition) is 0. The van der Waals surface area contributed by atoms with E-state index >= 15 is 0 Å². The zero-order chi connectivity index (χ0) is 18.2. The zero-order valence-electron chi connectivity index (χ0n) is 17.3. The van der Waals surface area contributed by atoms with Gasteiger partial charge in [-0.05, 0) is 80.0 Å². The third-order valence-corrected chi connectivity index (χ3v) is 8.65. The van der Waals surface area contributed by atoms with Crippen LogP contribution < -0.4 is 0 Å². The lowest BCUT2D eigenvalue weighted by Gasteiger charge is -2.56. The molecule has 0 radical (unpaired) electrons. The minimum atomic E-state index is -0.293. The van der Waals surface area contributed by atoms with Gasteiger partial charge in [-0.3, -0.25) is 0 Å². The molecule has 0 aromatic rings. The van der Waals surface area contributed by atoms with Gasteiger partial charge >= 0.3 is 0 Å². The summed E-state index contributed by atoms with van der Waals surface area (Å²) in [5.74, 6) is 4.30. The number of methoxy groups -OCH3 is 2. The summed E-state index contributed by atoms with van der Waals surface area (Å²) in [5.41, 5.74) is 2.02. The van der Waals surface area contributed by atoms with Crippen LogP contribution in [0.3, 0.4) is 0 Å². The third-order valence-electron chi connectivity index (χ3n) is 8.65. The van der Waals surface area contributed by atoms with E-state index in [0.29, 0.717) is 5.41 Å². The highest BCUT2D eigenvalue weighted by atomic mass is 16.7. The highest BCUT2D eigenvalue weighted by molar-refractivity contribution is 5.20. The van der Waals surface area contributed by atoms with Crippen LogP contribution in [0.25, 0.3) is 0 Å². The molecule has 0 spiro atoms. The Labute approximate surface area is 155 Å². The van der Waals surface area contributed by atoms with Gasteiger partial charge in [0.05, 0.1) is 0 Å². The first-order valence-corrected chi connectivity index (χ1v) is 10.8. The lowest BCUT2D eigenvalue weighted by Crippen LogP contribution is -2.51. The summed E-state index contributed by atoms with van der Waals surface area (Å²) in [6.07, 6.45) is 11.8. The monoisotopic (exact) mass is 348 g/mol. The fourth-order valence-corrected chi connectivity index (χ4v) is 7.19. The molecule has 2 nitrogen and oxygen atoms in total. The van der Waals surface area contributed by atoms with Gasteiger partial charge in [-0.15, -0.1) is 0 Å². The van der Waals surface area contributed by atoms with E-state index < -0.39 is 0 Å². The van der Waals surface area contributed by atoms with Crippen molar-refractivity contribution in [3.8, 4) is 0 Å². The molecule has 6 unspecified atom stereocenters. The quantitative estimate of drug-likeness (QED) is 0.436. The second-order valence-electron chi connectivity index (χ2n) is 9.10. The summed E-state index contributed by atoms with van der Waals surface area (Å²) >= 11 is 0. The maximum atomic E-state index is 5.78. The Kier molecular flexibility index (Phi) is 5.71. The molecule has 0 aliphatic heterocycles. The Bertz CT molecular complexity index is 480. The fraction of sp³-hybridized carbons (Fsp3) is 0.913. The van der Waals surface area contributed by atoms with Crippen LogP contribution in [0.5, 0.6) is 0 Å². The van der Waals surface area contributed by atoms with E-state index in [-0.39, 0.29) is 5.79 Å². The summed E-state index contributed by atoms with van der Waals surface area (Å²) in [6, 6.07) is 0. The average Bonchev–Trinajstić information content (AvgIpc) is 2.97. The molecular formula is C23H40O2. The highest BCUT2D eigenvalue weighted by Gasteiger charge is 2.56. The Morgan fingerprint density at radius 2 is 1.56 bits per heavy atom. The van der Waals surface area contributed by atoms with Gasteiger partial charge in [-0.25, -0.2) is 0 Å². The standard InChI is InChI=1S/C21H34O2.C2H6/c1-14-5-8-19-18-7-6-15-13-21(22-3,23-4)12-10-16(15)17(18)9-11-20(14,19)2;1-2/h15-19H,1,5-13H2,2-4H3;1-2H3. The molecule has 4 saturated carbocycles. The molecule has 6 atom stereocenters. The number of fused-ring (bicyclic) bond motifs is 5. The molecular weight excluding hydrogens is 308 g/mol. The van der Waals surface area contributed by atoms with Gasteiger partial charge < -0.3 is 9.47 Å². The van der Waals surface area contributed by atoms with Gasteiger partial charge in [0.2, 0.25) is 0 Å². The molecule has 0 saturated heterocycles. The first kappa shape index (κ1) is 19.4. The third kappa shape index (κ3) is 3.02. The predicted octanol–water partition coefficient (Wildman–Crippen LogP) is 6.21. The molecule has 4 rings (SSSR count). The normalized spacial score (nSPS) is 44.8. The second kappa shape index (κ2) is 7.35. The highest BCUT2D eigenvalue weighted by Crippen LogP contribution is 2.64. The van der Waals surface area contributed by atoms with Crippen LogP contribution in [0.1, 0.15) is 78.6 Å². The van der Waals surface area contributed by atoms with Crippen LogP contribution in [0.4, 0.5) is 0 Å². The van der Waals surface area contributed by atoms with E-state index in [1.807, 2.05) is 28.1 Å². The van der Waals surface area contributed by atoms with Crippen molar-refractivity contribution in [2.24, 2.45) is 35.0 Å². The SMILES string of the molecule is C=C1CCC2C3CCC4CC(OC)(OC)CCC4C3CCC12C.CC. The minimum Gasteiger partial charge on any atom is -0.353 e. The first-order chi connectivity index (χ1) is 12.0. The van der Waals surface area contributed by atoms with Gasteiger partial charge in [0.15, 0.2) is 5.79 Å². The van der Waals surface area contributed by atoms with Crippen molar-refractivity contribution in [2.75, 3.05) is 14.2 Å². The number of rotatable bonds is 2. The van der Waals surface area contributed by atoms with E-state index in [9.17, 15) is 0 Å². The fourth-order valence-electron chi connectivity index (χ4n) is 7.19. The Morgan fingerprint density at radius 3 is 2.24 bits per heavy atom. The van der Waals surface area contributed by atoms with Crippen LogP contribution >= 0.6 is 0 Å². The minimum absolute atomic E-state index is 0.293. The number of hydrogen-bond acceptors (Lipinski definition) is 2. The summed E-state index contributed by atoms with van der Waals surface area (Å²) in [6.45, 7) is 11.0. The van der Waals surface area contributed by atoms with Crippen molar-refractivity contribution in [1.82, 2.24) is 0 Å². The molecule has 0 aromatic heterocycles. The summed E-state index contributed by atoms with van der Waals surface area (Å²) < 4.78 is 11.6. The number of allylic oxidation sites excluding steroid dienone is 1. The molecule has 2 heteroatoms. The van der Waals surface area contributed by atoms with Crippen LogP contribution in [0.2, 0.25) is 0 Å². The van der Waals surface area contributed by atoms with Crippen molar-refractivity contribution < 1.29 is 9.47 Å². The van der Waals surface area contributed by atoms with Crippen molar-refractivity contribution in [3.05, 3.63) is 12.2 Å². The van der Waals surface area contributed by atoms with Crippen molar-refractivity contribution >= 4 is 0 Å². The Morgan fingerprint density at radius 1 is 0.880 bits per heavy atom. The van der Waals surface area contributed by atoms with Crippen molar-refractivity contribution in [1.29, 1.82) is 0 Å². The van der Waals surface area contributed by atoms with E-state index in [1.54, 1.807) is 5.57 Å². The largest absolute Gasteiger partial charge is 0.353 e. The summed E-state index contributed by atoms with van der Waals surface area (Å²) in [4.78, 5) is 0. The average molecular weight is 349 g/mol. The second-order valence-corrected chi connectivity index (χ2v) is 9.10. The predicted molar refractivity (Wildman–Crippen MR) is 104 cm³/mol. The molecule has 0 aromatic carbocycles. The Hall–Kier alpha value is -0.340. The molecule has 0 heterocycles. The van der Waals surface area contributed by atoms with Crippen molar-refractivity contribution in [2.45, 2.75) is 84.3 Å². The first-order valence-electron chi connectivity index (χ1n) is 10.8. The Balaban J connectivity index is 0.000000880. The van der Waals surface area contributed by atoms with Crippen LogP contribution in [-0.2, 0) is 9.47 Å². The molecule has 144 valence electrons. The molecule has 0 N–H and O–H groups in total. The maximum Gasteiger partial charge on any atom is 0.167 e. The molecule has 0 bridgehead atoms.